The lowest BCUT2D eigenvalue weighted by atomic mass is 10.2. The van der Waals surface area contributed by atoms with Crippen molar-refractivity contribution >= 4 is 11.8 Å². The number of aromatic nitrogens is 3. The molecule has 1 aliphatic rings. The number of halogens is 2. The zero-order valence-electron chi connectivity index (χ0n) is 24.8. The smallest absolute Gasteiger partial charge is 0.173 e. The lowest BCUT2D eigenvalue weighted by Gasteiger charge is -2.14. The second kappa shape index (κ2) is 9.94. The summed E-state index contributed by atoms with van der Waals surface area (Å²) in [6, 6.07) is 4.65. The van der Waals surface area contributed by atoms with Gasteiger partial charge in [0, 0.05) is 29.8 Å². The Kier molecular flexibility index (Phi) is 4.12. The minimum Gasteiger partial charge on any atom is -0.484 e. The molecule has 0 saturated heterocycles. The van der Waals surface area contributed by atoms with Crippen LogP contribution in [0.1, 0.15) is 49.1 Å². The van der Waals surface area contributed by atoms with Gasteiger partial charge in [0.05, 0.1) is 29.3 Å². The third-order valence-electron chi connectivity index (χ3n) is 4.01. The molecule has 3 aromatic rings. The molecular formula is C23H21F2N3O2S. The summed E-state index contributed by atoms with van der Waals surface area (Å²) in [7, 11) is 0. The van der Waals surface area contributed by atoms with E-state index in [0.717, 1.165) is 12.1 Å². The SMILES string of the molecule is [2H]C1([2H])C([2H])([2H])C([2H])([2H])C([2H])(Sc2ncc(COc3cc(F)c(C#CCO)cc3F)n2-c2cccnc2)C1([2H])[2H]. The largest absolute Gasteiger partial charge is 0.484 e. The van der Waals surface area contributed by atoms with Gasteiger partial charge in [-0.2, -0.15) is 0 Å². The molecule has 1 aromatic carbocycles. The lowest BCUT2D eigenvalue weighted by molar-refractivity contribution is 0.281. The average Bonchev–Trinajstić information content (AvgIpc) is 3.31. The van der Waals surface area contributed by atoms with Crippen molar-refractivity contribution in [2.24, 2.45) is 0 Å². The molecule has 0 unspecified atom stereocenters. The molecule has 0 atom stereocenters. The molecule has 8 heteroatoms. The van der Waals surface area contributed by atoms with Crippen LogP contribution in [-0.4, -0.2) is 31.5 Å². The highest BCUT2D eigenvalue weighted by atomic mass is 32.2. The van der Waals surface area contributed by atoms with E-state index in [1.165, 1.54) is 29.2 Å². The Balaban J connectivity index is 1.75. The van der Waals surface area contributed by atoms with E-state index in [2.05, 4.69) is 21.8 Å². The van der Waals surface area contributed by atoms with E-state index < -0.39 is 61.3 Å². The number of hydrogen-bond donors (Lipinski definition) is 1. The van der Waals surface area contributed by atoms with Gasteiger partial charge in [0.25, 0.3) is 0 Å². The number of benzene rings is 1. The van der Waals surface area contributed by atoms with Crippen LogP contribution in [0.2, 0.25) is 0 Å². The fourth-order valence-corrected chi connectivity index (χ4v) is 3.48. The highest BCUT2D eigenvalue weighted by Gasteiger charge is 2.21. The van der Waals surface area contributed by atoms with Gasteiger partial charge in [-0.25, -0.2) is 13.8 Å². The number of imidazole rings is 1. The van der Waals surface area contributed by atoms with E-state index in [-0.39, 0.29) is 33.9 Å². The Morgan fingerprint density at radius 2 is 2.13 bits per heavy atom. The molecule has 1 aliphatic carbocycles. The first-order valence-corrected chi connectivity index (χ1v) is 9.73. The van der Waals surface area contributed by atoms with Crippen molar-refractivity contribution in [2.45, 2.75) is 42.5 Å². The first-order valence-electron chi connectivity index (χ1n) is 13.4. The van der Waals surface area contributed by atoms with Gasteiger partial charge in [-0.05, 0) is 30.9 Å². The van der Waals surface area contributed by atoms with Crippen LogP contribution in [0, 0.1) is 23.5 Å². The molecule has 0 aliphatic heterocycles. The minimum atomic E-state index is -3.38. The third-order valence-corrected chi connectivity index (χ3v) is 4.89. The molecule has 2 heterocycles. The molecule has 0 bridgehead atoms. The highest BCUT2D eigenvalue weighted by molar-refractivity contribution is 7.99. The number of aliphatic hydroxyl groups excluding tert-OH is 1. The van der Waals surface area contributed by atoms with E-state index in [1.807, 2.05) is 0 Å². The monoisotopic (exact) mass is 450 g/mol. The molecule has 1 saturated carbocycles. The van der Waals surface area contributed by atoms with Crippen LogP contribution in [-0.2, 0) is 6.61 Å². The molecule has 31 heavy (non-hydrogen) atoms. The van der Waals surface area contributed by atoms with E-state index in [0.29, 0.717) is 0 Å². The molecule has 0 amide bonds. The van der Waals surface area contributed by atoms with Gasteiger partial charge in [-0.3, -0.25) is 9.55 Å². The summed E-state index contributed by atoms with van der Waals surface area (Å²) in [5.41, 5.74) is 0.155. The standard InChI is InChI=1S/C23H21F2N3O2S/c24-20-12-22(21(25)11-16(20)5-4-10-29)30-15-18-14-27-23(31-19-7-1-2-8-19)28(18)17-6-3-9-26-13-17/h3,6,9,11-14,19,29H,1-2,7-8,10,15H2/i1D2,2D2,7D2,8D2,19D. The van der Waals surface area contributed by atoms with Crippen LogP contribution in [0.15, 0.2) is 48.0 Å². The summed E-state index contributed by atoms with van der Waals surface area (Å²) in [6.07, 6.45) is -9.42. The van der Waals surface area contributed by atoms with Crippen LogP contribution in [0.3, 0.4) is 0 Å². The summed E-state index contributed by atoms with van der Waals surface area (Å²) < 4.78 is 110. The van der Waals surface area contributed by atoms with Gasteiger partial charge >= 0.3 is 0 Å². The van der Waals surface area contributed by atoms with Crippen LogP contribution in [0.5, 0.6) is 5.75 Å². The van der Waals surface area contributed by atoms with Gasteiger partial charge < -0.3 is 9.84 Å². The van der Waals surface area contributed by atoms with Crippen molar-refractivity contribution in [1.29, 1.82) is 0 Å². The molecule has 0 radical (unpaired) electrons. The van der Waals surface area contributed by atoms with Crippen molar-refractivity contribution in [3.8, 4) is 23.3 Å². The summed E-state index contributed by atoms with van der Waals surface area (Å²) in [5, 5.41) is 5.49. The van der Waals surface area contributed by atoms with E-state index in [9.17, 15) is 8.78 Å². The third kappa shape index (κ3) is 5.06. The van der Waals surface area contributed by atoms with Crippen LogP contribution in [0.4, 0.5) is 8.78 Å². The first kappa shape index (κ1) is 12.8. The van der Waals surface area contributed by atoms with Crippen molar-refractivity contribution < 1.29 is 31.0 Å². The minimum absolute atomic E-state index is 0.160. The summed E-state index contributed by atoms with van der Waals surface area (Å²) in [6.45, 7) is -0.983. The number of hydrogen-bond acceptors (Lipinski definition) is 5. The Bertz CT molecular complexity index is 1470. The van der Waals surface area contributed by atoms with Gasteiger partial charge in [0.1, 0.15) is 19.0 Å². The van der Waals surface area contributed by atoms with Gasteiger partial charge in [-0.15, -0.1) is 0 Å². The van der Waals surface area contributed by atoms with E-state index in [4.69, 9.17) is 22.2 Å². The molecule has 160 valence electrons. The maximum atomic E-state index is 14.6. The average molecular weight is 451 g/mol. The molecule has 1 N–H and O–H groups in total. The number of ether oxygens (including phenoxy) is 1. The zero-order chi connectivity index (χ0) is 29.7. The molecular weight excluding hydrogens is 420 g/mol. The number of thioether (sulfide) groups is 1. The fourth-order valence-electron chi connectivity index (χ4n) is 2.68. The van der Waals surface area contributed by atoms with Gasteiger partial charge in [0.2, 0.25) is 0 Å². The number of rotatable bonds is 6. The van der Waals surface area contributed by atoms with E-state index in [1.54, 1.807) is 6.07 Å². The number of nitrogens with zero attached hydrogens (tertiary/aromatic N) is 3. The maximum Gasteiger partial charge on any atom is 0.173 e. The van der Waals surface area contributed by atoms with Crippen LogP contribution in [0.25, 0.3) is 5.69 Å². The summed E-state index contributed by atoms with van der Waals surface area (Å²) >= 11 is 0.187. The Hall–Kier alpha value is -2.89. The predicted octanol–water partition coefficient (Wildman–Crippen LogP) is 4.50. The topological polar surface area (TPSA) is 60.2 Å². The van der Waals surface area contributed by atoms with Crippen LogP contribution >= 0.6 is 11.8 Å². The molecule has 2 aromatic heterocycles. The highest BCUT2D eigenvalue weighted by Crippen LogP contribution is 2.35. The Labute approximate surface area is 196 Å². The normalized spacial score (nSPS) is 25.6. The molecule has 4 rings (SSSR count). The fraction of sp³-hybridized carbons (Fsp3) is 0.304. The van der Waals surface area contributed by atoms with Crippen LogP contribution < -0.4 is 4.74 Å². The molecule has 0 spiro atoms. The summed E-state index contributed by atoms with van der Waals surface area (Å²) in [4.78, 5) is 8.14. The van der Waals surface area contributed by atoms with Gasteiger partial charge in [0.15, 0.2) is 16.7 Å². The Morgan fingerprint density at radius 1 is 1.29 bits per heavy atom. The van der Waals surface area contributed by atoms with Crippen molar-refractivity contribution in [3.05, 3.63) is 65.7 Å². The van der Waals surface area contributed by atoms with Gasteiger partial charge in [-0.1, -0.05) is 36.3 Å². The van der Waals surface area contributed by atoms with Crippen molar-refractivity contribution in [1.82, 2.24) is 14.5 Å². The second-order valence-corrected chi connectivity index (χ2v) is 7.00. The summed E-state index contributed by atoms with van der Waals surface area (Å²) in [5.74, 6) is 2.15. The maximum absolute atomic E-state index is 14.6. The lowest BCUT2D eigenvalue weighted by Crippen LogP contribution is -2.08. The van der Waals surface area contributed by atoms with Crippen molar-refractivity contribution in [3.63, 3.8) is 0 Å². The second-order valence-electron chi connectivity index (χ2n) is 6.02. The Morgan fingerprint density at radius 3 is 2.87 bits per heavy atom. The first-order chi connectivity index (χ1) is 18.5. The zero-order valence-corrected chi connectivity index (χ0v) is 16.6. The quantitative estimate of drug-likeness (QED) is 0.560. The van der Waals surface area contributed by atoms with E-state index >= 15 is 0 Å². The number of pyridine rings is 1. The number of aliphatic hydroxyl groups is 1. The van der Waals surface area contributed by atoms with Crippen molar-refractivity contribution in [2.75, 3.05) is 6.61 Å². The molecule has 1 fully saturated rings. The predicted molar refractivity (Wildman–Crippen MR) is 114 cm³/mol. The molecule has 5 nitrogen and oxygen atoms in total.